The van der Waals surface area contributed by atoms with Crippen molar-refractivity contribution >= 4 is 35.6 Å². The second kappa shape index (κ2) is 18.8. The number of alkyl halides is 3. The summed E-state index contributed by atoms with van der Waals surface area (Å²) in [6.07, 6.45) is -16.5. The predicted octanol–water partition coefficient (Wildman–Crippen LogP) is 6.05. The number of aliphatic hydroxyl groups excluding tert-OH is 2. The summed E-state index contributed by atoms with van der Waals surface area (Å²) < 4.78 is 72.0. The van der Waals surface area contributed by atoms with Gasteiger partial charge in [0.1, 0.15) is 36.1 Å². The summed E-state index contributed by atoms with van der Waals surface area (Å²) >= 11 is 0. The van der Waals surface area contributed by atoms with Crippen LogP contribution >= 0.6 is 0 Å². The molecule has 15 nitrogen and oxygen atoms in total. The molecule has 3 fully saturated rings. The lowest BCUT2D eigenvalue weighted by Gasteiger charge is -2.67. The van der Waals surface area contributed by atoms with E-state index in [-0.39, 0.29) is 40.9 Å². The second-order valence-corrected chi connectivity index (χ2v) is 19.2. The number of aliphatic hydroxyl groups is 3. The average molecular weight is 984 g/mol. The van der Waals surface area contributed by atoms with E-state index in [0.29, 0.717) is 6.07 Å². The van der Waals surface area contributed by atoms with Crippen LogP contribution in [-0.4, -0.2) is 105 Å². The maximum atomic E-state index is 15.2. The van der Waals surface area contributed by atoms with E-state index in [1.165, 1.54) is 64.1 Å². The third-order valence-electron chi connectivity index (χ3n) is 14.9. The maximum absolute atomic E-state index is 15.2. The van der Waals surface area contributed by atoms with Crippen LogP contribution in [0.5, 0.6) is 0 Å². The highest BCUT2D eigenvalue weighted by atomic mass is 19.4. The summed E-state index contributed by atoms with van der Waals surface area (Å²) in [6.45, 7) is 6.43. The summed E-state index contributed by atoms with van der Waals surface area (Å²) in [5, 5.41) is 40.9. The number of esters is 4. The van der Waals surface area contributed by atoms with Crippen LogP contribution in [0.4, 0.5) is 13.2 Å². The van der Waals surface area contributed by atoms with E-state index in [1.54, 1.807) is 54.6 Å². The lowest BCUT2D eigenvalue weighted by molar-refractivity contribution is -0.346. The molecule has 1 saturated heterocycles. The second-order valence-electron chi connectivity index (χ2n) is 19.2. The summed E-state index contributed by atoms with van der Waals surface area (Å²) in [5.74, 6) is -8.09. The highest BCUT2D eigenvalue weighted by molar-refractivity contribution is 5.96. The summed E-state index contributed by atoms with van der Waals surface area (Å²) in [7, 11) is 0. The smallest absolute Gasteiger partial charge is 0.416 e. The Balaban J connectivity index is 1.28. The fraction of sp³-hybridized carbons (Fsp3) is 0.396. The topological polar surface area (TPSA) is 221 Å². The SMILES string of the molecule is CC(=O)O[C@@]12CO[C@@H]1C[C@H](O)[C@@]1(C)C(=O)[C@H](O)C3=C(C)[C@@H](OC(=O)[C@H](OC(=O)c4cccc(C(F)(F)F)c4)[C@@H](NC(=O)c4ccccc4)c4ccccc4)C[C@@](O)([C@@H](OC(=O)c4ccccc4)C12)C3(C)C. The first-order valence-electron chi connectivity index (χ1n) is 22.9. The van der Waals surface area contributed by atoms with Crippen LogP contribution in [-0.2, 0) is 44.2 Å². The molecule has 4 N–H and O–H groups in total. The number of amides is 1. The number of Topliss-reactive ketones (excluding diaryl/α,β-unsaturated/α-hetero) is 1. The number of carbonyl (C=O) groups is 6. The molecule has 4 aliphatic rings. The Bertz CT molecular complexity index is 2770. The van der Waals surface area contributed by atoms with Crippen LogP contribution in [0, 0.1) is 16.7 Å². The lowest BCUT2D eigenvalue weighted by Crippen LogP contribution is -2.81. The van der Waals surface area contributed by atoms with E-state index < -0.39 is 130 Å². The zero-order valence-corrected chi connectivity index (χ0v) is 39.2. The van der Waals surface area contributed by atoms with Gasteiger partial charge < -0.3 is 44.3 Å². The molecular formula is C53H52F3NO14. The van der Waals surface area contributed by atoms with E-state index >= 15 is 9.59 Å². The van der Waals surface area contributed by atoms with Crippen molar-refractivity contribution in [3.63, 3.8) is 0 Å². The van der Waals surface area contributed by atoms with Gasteiger partial charge in [-0.25, -0.2) is 14.4 Å². The predicted molar refractivity (Wildman–Crippen MR) is 243 cm³/mol. The van der Waals surface area contributed by atoms with Crippen molar-refractivity contribution in [2.24, 2.45) is 16.7 Å². The molecule has 3 aliphatic carbocycles. The molecule has 8 rings (SSSR count). The van der Waals surface area contributed by atoms with E-state index in [0.717, 1.165) is 25.1 Å². The average Bonchev–Trinajstić information content (AvgIpc) is 3.34. The van der Waals surface area contributed by atoms with Gasteiger partial charge in [-0.1, -0.05) is 86.6 Å². The van der Waals surface area contributed by atoms with E-state index in [9.17, 15) is 47.7 Å². The molecule has 1 aliphatic heterocycles. The molecule has 11 atom stereocenters. The molecule has 0 radical (unpaired) electrons. The van der Waals surface area contributed by atoms with Crippen molar-refractivity contribution in [3.05, 3.63) is 154 Å². The number of benzene rings is 4. The third-order valence-corrected chi connectivity index (χ3v) is 14.9. The molecule has 1 amide bonds. The molecule has 1 heterocycles. The Morgan fingerprint density at radius 3 is 1.97 bits per heavy atom. The largest absolute Gasteiger partial charge is 0.455 e. The molecule has 18 heteroatoms. The molecule has 2 bridgehead atoms. The van der Waals surface area contributed by atoms with Crippen molar-refractivity contribution in [1.82, 2.24) is 5.32 Å². The van der Waals surface area contributed by atoms with Gasteiger partial charge in [0.15, 0.2) is 11.4 Å². The number of ketones is 1. The van der Waals surface area contributed by atoms with Crippen LogP contribution in [0.2, 0.25) is 0 Å². The number of halogens is 3. The quantitative estimate of drug-likeness (QED) is 0.0764. The fourth-order valence-electron chi connectivity index (χ4n) is 11.0. The Labute approximate surface area is 405 Å². The molecule has 1 unspecified atom stereocenters. The van der Waals surface area contributed by atoms with Crippen molar-refractivity contribution in [2.45, 2.75) is 108 Å². The molecule has 0 aromatic heterocycles. The fourth-order valence-corrected chi connectivity index (χ4v) is 11.0. The highest BCUT2D eigenvalue weighted by Crippen LogP contribution is 2.64. The van der Waals surface area contributed by atoms with Crippen LogP contribution in [0.1, 0.15) is 95.7 Å². The first-order valence-corrected chi connectivity index (χ1v) is 22.9. The number of nitrogens with one attached hydrogen (secondary N) is 1. The summed E-state index contributed by atoms with van der Waals surface area (Å²) in [5.41, 5.74) is -9.98. The van der Waals surface area contributed by atoms with Crippen molar-refractivity contribution in [2.75, 3.05) is 6.61 Å². The van der Waals surface area contributed by atoms with E-state index in [2.05, 4.69) is 5.32 Å². The first kappa shape index (κ1) is 50.7. The van der Waals surface area contributed by atoms with Gasteiger partial charge in [0.2, 0.25) is 6.10 Å². The number of hydrogen-bond acceptors (Lipinski definition) is 14. The molecule has 4 aromatic carbocycles. The zero-order valence-electron chi connectivity index (χ0n) is 39.2. The zero-order chi connectivity index (χ0) is 51.4. The Hall–Kier alpha value is -6.73. The maximum Gasteiger partial charge on any atom is 0.416 e. The number of rotatable bonds is 11. The number of hydrogen-bond donors (Lipinski definition) is 4. The van der Waals surface area contributed by atoms with E-state index in [4.69, 9.17) is 23.7 Å². The summed E-state index contributed by atoms with van der Waals surface area (Å²) in [4.78, 5) is 85.7. The van der Waals surface area contributed by atoms with Gasteiger partial charge in [0.25, 0.3) is 5.91 Å². The monoisotopic (exact) mass is 983 g/mol. The summed E-state index contributed by atoms with van der Waals surface area (Å²) in [6, 6.07) is 24.7. The van der Waals surface area contributed by atoms with Crippen molar-refractivity contribution < 1.29 is 80.9 Å². The molecule has 374 valence electrons. The van der Waals surface area contributed by atoms with Gasteiger partial charge in [-0.3, -0.25) is 14.4 Å². The Morgan fingerprint density at radius 1 is 0.803 bits per heavy atom. The van der Waals surface area contributed by atoms with Gasteiger partial charge in [-0.2, -0.15) is 13.2 Å². The molecular weight excluding hydrogens is 932 g/mol. The van der Waals surface area contributed by atoms with E-state index in [1.807, 2.05) is 0 Å². The number of ether oxygens (including phenoxy) is 5. The van der Waals surface area contributed by atoms with Gasteiger partial charge in [-0.05, 0) is 73.0 Å². The highest BCUT2D eigenvalue weighted by Gasteiger charge is 2.78. The van der Waals surface area contributed by atoms with Crippen LogP contribution in [0.25, 0.3) is 0 Å². The minimum atomic E-state index is -4.88. The van der Waals surface area contributed by atoms with Crippen molar-refractivity contribution in [3.8, 4) is 0 Å². The van der Waals surface area contributed by atoms with Gasteiger partial charge >= 0.3 is 30.1 Å². The molecule has 2 saturated carbocycles. The Kier molecular flexibility index (Phi) is 13.4. The minimum Gasteiger partial charge on any atom is -0.455 e. The van der Waals surface area contributed by atoms with Crippen LogP contribution < -0.4 is 5.32 Å². The standard InChI is InChI=1S/C53H52F3NO14/c1-28-35(68-48(65)41(69-47(64)33-22-15-23-34(24-33)53(54,55)56)39(30-16-9-6-10-17-30)57-45(62)31-18-11-7-12-19-31)26-52(66)44(70-46(63)32-20-13-8-14-21-32)42-50(5,43(61)40(60)38(28)49(52,3)4)36(59)25-37-51(42,27-67-37)71-29(2)58/h6-24,35-37,39-42,44,59-60,66H,25-27H2,1-5H3,(H,57,62)/t35-,36-,37+,39-,40+,41+,42?,44-,50+,51-,52+/m0/s1. The van der Waals surface area contributed by atoms with Crippen molar-refractivity contribution in [1.29, 1.82) is 0 Å². The molecule has 71 heavy (non-hydrogen) atoms. The minimum absolute atomic E-state index is 0.00370. The van der Waals surface area contributed by atoms with Gasteiger partial charge in [0.05, 0.1) is 40.7 Å². The number of fused-ring (bicyclic) bond motifs is 5. The normalized spacial score (nSPS) is 29.5. The molecule has 0 spiro atoms. The molecule has 4 aromatic rings. The lowest BCUT2D eigenvalue weighted by atomic mass is 9.44. The van der Waals surface area contributed by atoms with Crippen LogP contribution in [0.3, 0.4) is 0 Å². The van der Waals surface area contributed by atoms with Gasteiger partial charge in [0, 0.05) is 30.7 Å². The van der Waals surface area contributed by atoms with Crippen LogP contribution in [0.15, 0.2) is 126 Å². The third kappa shape index (κ3) is 8.80. The first-order chi connectivity index (χ1) is 33.4. The van der Waals surface area contributed by atoms with Gasteiger partial charge in [-0.15, -0.1) is 0 Å². The Morgan fingerprint density at radius 2 is 1.39 bits per heavy atom. The number of carbonyl (C=O) groups excluding carboxylic acids is 6.